The Morgan fingerprint density at radius 1 is 0.867 bits per heavy atom. The summed E-state index contributed by atoms with van der Waals surface area (Å²) in [6, 6.07) is 13.7. The SMILES string of the molecule is Cc1ccc(-c2ccc(Cl)cc2)c(Cl)c1. The van der Waals surface area contributed by atoms with Crippen LogP contribution in [-0.2, 0) is 0 Å². The molecule has 15 heavy (non-hydrogen) atoms. The van der Waals surface area contributed by atoms with Crippen molar-refractivity contribution in [1.29, 1.82) is 0 Å². The van der Waals surface area contributed by atoms with Gasteiger partial charge in [0.1, 0.15) is 0 Å². The Kier molecular flexibility index (Phi) is 2.99. The van der Waals surface area contributed by atoms with Crippen molar-refractivity contribution in [2.45, 2.75) is 6.92 Å². The third-order valence-electron chi connectivity index (χ3n) is 2.28. The molecule has 2 aromatic carbocycles. The minimum atomic E-state index is 0.738. The summed E-state index contributed by atoms with van der Waals surface area (Å²) in [6.07, 6.45) is 0. The predicted octanol–water partition coefficient (Wildman–Crippen LogP) is 4.97. The fourth-order valence-electron chi connectivity index (χ4n) is 1.48. The van der Waals surface area contributed by atoms with Gasteiger partial charge >= 0.3 is 0 Å². The lowest BCUT2D eigenvalue weighted by Gasteiger charge is -2.05. The monoisotopic (exact) mass is 236 g/mol. The van der Waals surface area contributed by atoms with Crippen LogP contribution in [0.5, 0.6) is 0 Å². The van der Waals surface area contributed by atoms with Gasteiger partial charge in [-0.25, -0.2) is 0 Å². The zero-order chi connectivity index (χ0) is 10.8. The van der Waals surface area contributed by atoms with Gasteiger partial charge in [0.25, 0.3) is 0 Å². The maximum atomic E-state index is 6.17. The van der Waals surface area contributed by atoms with Crippen molar-refractivity contribution < 1.29 is 0 Å². The van der Waals surface area contributed by atoms with Gasteiger partial charge in [-0.1, -0.05) is 47.5 Å². The molecule has 0 aromatic heterocycles. The molecule has 2 aromatic rings. The van der Waals surface area contributed by atoms with E-state index in [1.807, 2.05) is 43.3 Å². The van der Waals surface area contributed by atoms with E-state index < -0.39 is 0 Å². The summed E-state index contributed by atoms with van der Waals surface area (Å²) < 4.78 is 0. The molecule has 0 saturated carbocycles. The van der Waals surface area contributed by atoms with Gasteiger partial charge < -0.3 is 0 Å². The molecule has 0 heterocycles. The molecular formula is C13H10Cl2. The van der Waals surface area contributed by atoms with Crippen LogP contribution in [0.15, 0.2) is 42.5 Å². The van der Waals surface area contributed by atoms with Gasteiger partial charge in [-0.05, 0) is 36.2 Å². The molecule has 0 radical (unpaired) electrons. The Morgan fingerprint density at radius 2 is 1.53 bits per heavy atom. The molecule has 0 saturated heterocycles. The molecule has 0 amide bonds. The molecule has 0 spiro atoms. The van der Waals surface area contributed by atoms with Crippen molar-refractivity contribution in [3.8, 4) is 11.1 Å². The smallest absolute Gasteiger partial charge is 0.0487 e. The number of hydrogen-bond acceptors (Lipinski definition) is 0. The van der Waals surface area contributed by atoms with E-state index in [9.17, 15) is 0 Å². The van der Waals surface area contributed by atoms with Crippen LogP contribution in [-0.4, -0.2) is 0 Å². The first-order valence-electron chi connectivity index (χ1n) is 4.69. The van der Waals surface area contributed by atoms with Crippen LogP contribution in [0.2, 0.25) is 10.0 Å². The molecule has 0 fully saturated rings. The molecule has 0 atom stereocenters. The van der Waals surface area contributed by atoms with Crippen molar-refractivity contribution in [3.63, 3.8) is 0 Å². The molecule has 0 N–H and O–H groups in total. The van der Waals surface area contributed by atoms with Crippen molar-refractivity contribution in [2.75, 3.05) is 0 Å². The molecule has 0 nitrogen and oxygen atoms in total. The van der Waals surface area contributed by atoms with E-state index in [4.69, 9.17) is 23.2 Å². The second-order valence-corrected chi connectivity index (χ2v) is 4.33. The summed E-state index contributed by atoms with van der Waals surface area (Å²) in [5.74, 6) is 0. The minimum absolute atomic E-state index is 0.738. The molecule has 0 unspecified atom stereocenters. The average molecular weight is 237 g/mol. The van der Waals surface area contributed by atoms with Crippen LogP contribution in [0.3, 0.4) is 0 Å². The molecule has 2 heteroatoms. The second-order valence-electron chi connectivity index (χ2n) is 3.49. The quantitative estimate of drug-likeness (QED) is 0.656. The van der Waals surface area contributed by atoms with Gasteiger partial charge in [-0.2, -0.15) is 0 Å². The van der Waals surface area contributed by atoms with Crippen LogP contribution in [0, 0.1) is 6.92 Å². The van der Waals surface area contributed by atoms with Gasteiger partial charge in [0, 0.05) is 15.6 Å². The zero-order valence-corrected chi connectivity index (χ0v) is 9.81. The Hall–Kier alpha value is -0.980. The summed E-state index contributed by atoms with van der Waals surface area (Å²) in [5.41, 5.74) is 3.29. The van der Waals surface area contributed by atoms with Gasteiger partial charge in [0.2, 0.25) is 0 Å². The Labute approximate surface area is 99.5 Å². The molecule has 0 aliphatic rings. The van der Waals surface area contributed by atoms with Crippen molar-refractivity contribution in [3.05, 3.63) is 58.1 Å². The number of rotatable bonds is 1. The summed E-state index contributed by atoms with van der Waals surface area (Å²) in [5, 5.41) is 1.51. The summed E-state index contributed by atoms with van der Waals surface area (Å²) in [6.45, 7) is 2.03. The summed E-state index contributed by atoms with van der Waals surface area (Å²) in [7, 11) is 0. The molecule has 0 bridgehead atoms. The normalized spacial score (nSPS) is 10.3. The largest absolute Gasteiger partial charge is 0.0843 e. The predicted molar refractivity (Wildman–Crippen MR) is 66.6 cm³/mol. The van der Waals surface area contributed by atoms with Gasteiger partial charge in [0.15, 0.2) is 0 Å². The number of hydrogen-bond donors (Lipinski definition) is 0. The van der Waals surface area contributed by atoms with Gasteiger partial charge in [0.05, 0.1) is 0 Å². The molecule has 0 aliphatic heterocycles. The lowest BCUT2D eigenvalue weighted by molar-refractivity contribution is 1.47. The summed E-state index contributed by atoms with van der Waals surface area (Å²) in [4.78, 5) is 0. The lowest BCUT2D eigenvalue weighted by Crippen LogP contribution is -1.80. The van der Waals surface area contributed by atoms with E-state index in [2.05, 4.69) is 6.07 Å². The topological polar surface area (TPSA) is 0 Å². The molecule has 76 valence electrons. The second kappa shape index (κ2) is 4.26. The maximum Gasteiger partial charge on any atom is 0.0487 e. The Balaban J connectivity index is 2.49. The molecular weight excluding hydrogens is 227 g/mol. The molecule has 0 aliphatic carbocycles. The van der Waals surface area contributed by atoms with E-state index >= 15 is 0 Å². The van der Waals surface area contributed by atoms with Crippen LogP contribution in [0.1, 0.15) is 5.56 Å². The van der Waals surface area contributed by atoms with Crippen molar-refractivity contribution in [1.82, 2.24) is 0 Å². The third kappa shape index (κ3) is 2.34. The zero-order valence-electron chi connectivity index (χ0n) is 8.30. The third-order valence-corrected chi connectivity index (χ3v) is 2.84. The fraction of sp³-hybridized carbons (Fsp3) is 0.0769. The average Bonchev–Trinajstić information content (AvgIpc) is 2.20. The van der Waals surface area contributed by atoms with E-state index in [0.29, 0.717) is 0 Å². The van der Waals surface area contributed by atoms with Crippen molar-refractivity contribution in [2.24, 2.45) is 0 Å². The van der Waals surface area contributed by atoms with Crippen molar-refractivity contribution >= 4 is 23.2 Å². The number of benzene rings is 2. The first-order chi connectivity index (χ1) is 7.16. The van der Waals surface area contributed by atoms with E-state index in [1.165, 1.54) is 0 Å². The van der Waals surface area contributed by atoms with E-state index in [1.54, 1.807) is 0 Å². The highest BCUT2D eigenvalue weighted by Gasteiger charge is 2.02. The highest BCUT2D eigenvalue weighted by molar-refractivity contribution is 6.33. The minimum Gasteiger partial charge on any atom is -0.0843 e. The number of halogens is 2. The fourth-order valence-corrected chi connectivity index (χ4v) is 1.95. The van der Waals surface area contributed by atoms with E-state index in [0.717, 1.165) is 26.7 Å². The molecule has 2 rings (SSSR count). The Bertz CT molecular complexity index is 472. The maximum absolute atomic E-state index is 6.17. The van der Waals surface area contributed by atoms with Gasteiger partial charge in [-0.3, -0.25) is 0 Å². The van der Waals surface area contributed by atoms with Gasteiger partial charge in [-0.15, -0.1) is 0 Å². The Morgan fingerprint density at radius 3 is 2.13 bits per heavy atom. The highest BCUT2D eigenvalue weighted by atomic mass is 35.5. The number of aryl methyl sites for hydroxylation is 1. The highest BCUT2D eigenvalue weighted by Crippen LogP contribution is 2.29. The van der Waals surface area contributed by atoms with Crippen LogP contribution >= 0.6 is 23.2 Å². The standard InChI is InChI=1S/C13H10Cl2/c1-9-2-7-12(13(15)8-9)10-3-5-11(14)6-4-10/h2-8H,1H3. The van der Waals surface area contributed by atoms with Crippen LogP contribution in [0.4, 0.5) is 0 Å². The first kappa shape index (κ1) is 10.5. The lowest BCUT2D eigenvalue weighted by atomic mass is 10.0. The summed E-state index contributed by atoms with van der Waals surface area (Å²) >= 11 is 12.0. The van der Waals surface area contributed by atoms with Crippen LogP contribution in [0.25, 0.3) is 11.1 Å². The van der Waals surface area contributed by atoms with E-state index in [-0.39, 0.29) is 0 Å². The first-order valence-corrected chi connectivity index (χ1v) is 5.44. The van der Waals surface area contributed by atoms with Crippen LogP contribution < -0.4 is 0 Å².